The van der Waals surface area contributed by atoms with E-state index in [2.05, 4.69) is 4.90 Å². The first-order valence-corrected chi connectivity index (χ1v) is 9.92. The molecule has 0 N–H and O–H groups in total. The number of anilines is 1. The highest BCUT2D eigenvalue weighted by Crippen LogP contribution is 2.39. The zero-order valence-corrected chi connectivity index (χ0v) is 16.1. The van der Waals surface area contributed by atoms with E-state index in [4.69, 9.17) is 21.3 Å². The maximum Gasteiger partial charge on any atom is 0.225 e. The van der Waals surface area contributed by atoms with E-state index < -0.39 is 0 Å². The van der Waals surface area contributed by atoms with Gasteiger partial charge in [0.2, 0.25) is 5.91 Å². The molecule has 0 spiro atoms. The van der Waals surface area contributed by atoms with Crippen LogP contribution in [0.15, 0.2) is 12.1 Å². The minimum absolute atomic E-state index is 0.293. The predicted molar refractivity (Wildman–Crippen MR) is 102 cm³/mol. The molecular weight excluding hydrogens is 358 g/mol. The fraction of sp³-hybridized carbons (Fsp3) is 0.556. The van der Waals surface area contributed by atoms with Crippen molar-refractivity contribution in [3.05, 3.63) is 17.2 Å². The molecule has 4 rings (SSSR count). The van der Waals surface area contributed by atoms with Gasteiger partial charge in [-0.25, -0.2) is 4.98 Å². The van der Waals surface area contributed by atoms with Gasteiger partial charge >= 0.3 is 0 Å². The normalized spacial score (nSPS) is 18.6. The average Bonchev–Trinajstić information content (AvgIpc) is 3.39. The second kappa shape index (κ2) is 6.65. The zero-order valence-electron chi connectivity index (χ0n) is 14.5. The minimum Gasteiger partial charge on any atom is -0.494 e. The predicted octanol–water partition coefficient (Wildman–Crippen LogP) is 3.80. The highest BCUT2D eigenvalue weighted by atomic mass is 35.5. The van der Waals surface area contributed by atoms with Crippen LogP contribution < -0.4 is 9.64 Å². The van der Waals surface area contributed by atoms with E-state index in [0.29, 0.717) is 22.9 Å². The lowest BCUT2D eigenvalue weighted by Crippen LogP contribution is -2.46. The minimum atomic E-state index is 0.293. The van der Waals surface area contributed by atoms with E-state index in [9.17, 15) is 4.79 Å². The quantitative estimate of drug-likeness (QED) is 0.810. The molecule has 0 radical (unpaired) electrons. The molecule has 0 unspecified atom stereocenters. The van der Waals surface area contributed by atoms with Gasteiger partial charge in [-0.05, 0) is 37.8 Å². The summed E-state index contributed by atoms with van der Waals surface area (Å²) in [5, 5.41) is 1.69. The molecule has 25 heavy (non-hydrogen) atoms. The molecule has 2 aromatic rings. The number of carbonyl (C=O) groups excluding carboxylic acids is 1. The zero-order chi connectivity index (χ0) is 17.6. The van der Waals surface area contributed by atoms with Crippen molar-refractivity contribution in [1.29, 1.82) is 0 Å². The largest absolute Gasteiger partial charge is 0.494 e. The summed E-state index contributed by atoms with van der Waals surface area (Å²) >= 11 is 7.94. The number of piperidine rings is 1. The van der Waals surface area contributed by atoms with Crippen LogP contribution in [0.4, 0.5) is 5.13 Å². The molecule has 0 atom stereocenters. The lowest BCUT2D eigenvalue weighted by Gasteiger charge is -2.36. The van der Waals surface area contributed by atoms with Gasteiger partial charge in [-0.2, -0.15) is 0 Å². The smallest absolute Gasteiger partial charge is 0.225 e. The molecule has 2 heterocycles. The van der Waals surface area contributed by atoms with Crippen LogP contribution in [-0.2, 0) is 4.79 Å². The Bertz CT molecular complexity index is 797. The van der Waals surface area contributed by atoms with Crippen LogP contribution in [0.1, 0.15) is 25.7 Å². The fourth-order valence-electron chi connectivity index (χ4n) is 3.48. The molecular formula is C18H22ClN3O2S. The van der Waals surface area contributed by atoms with Crippen LogP contribution in [0.3, 0.4) is 0 Å². The van der Waals surface area contributed by atoms with Crippen LogP contribution in [0.5, 0.6) is 5.75 Å². The Labute approximate surface area is 156 Å². The van der Waals surface area contributed by atoms with Crippen LogP contribution >= 0.6 is 22.9 Å². The van der Waals surface area contributed by atoms with Gasteiger partial charge < -0.3 is 14.5 Å². The van der Waals surface area contributed by atoms with Crippen molar-refractivity contribution in [3.8, 4) is 5.75 Å². The molecule has 0 bridgehead atoms. The molecule has 1 saturated carbocycles. The Morgan fingerprint density at radius 2 is 2.04 bits per heavy atom. The Hall–Kier alpha value is -1.53. The van der Waals surface area contributed by atoms with Gasteiger partial charge in [0.05, 0.1) is 16.8 Å². The molecule has 1 saturated heterocycles. The second-order valence-corrected chi connectivity index (χ2v) is 8.25. The molecule has 1 aliphatic carbocycles. The molecule has 1 aliphatic heterocycles. The third-order valence-electron chi connectivity index (χ3n) is 5.22. The van der Waals surface area contributed by atoms with E-state index in [0.717, 1.165) is 59.9 Å². The van der Waals surface area contributed by atoms with Crippen LogP contribution in [0.25, 0.3) is 10.2 Å². The summed E-state index contributed by atoms with van der Waals surface area (Å²) in [6.07, 6.45) is 4.10. The third kappa shape index (κ3) is 3.17. The number of amides is 1. The summed E-state index contributed by atoms with van der Waals surface area (Å²) in [5.74, 6) is 1.38. The van der Waals surface area contributed by atoms with Gasteiger partial charge in [-0.1, -0.05) is 22.9 Å². The summed E-state index contributed by atoms with van der Waals surface area (Å²) in [6, 6.07) is 4.06. The monoisotopic (exact) mass is 379 g/mol. The number of fused-ring (bicyclic) bond motifs is 1. The van der Waals surface area contributed by atoms with Crippen molar-refractivity contribution in [2.24, 2.45) is 5.92 Å². The molecule has 5 nitrogen and oxygen atoms in total. The number of thiazole rings is 1. The van der Waals surface area contributed by atoms with Crippen LogP contribution in [-0.4, -0.2) is 49.1 Å². The number of rotatable bonds is 4. The first-order valence-electron chi connectivity index (χ1n) is 8.73. The number of hydrogen-bond acceptors (Lipinski definition) is 5. The molecule has 7 heteroatoms. The molecule has 1 amide bonds. The van der Waals surface area contributed by atoms with Crippen LogP contribution in [0, 0.1) is 5.92 Å². The standard InChI is InChI=1S/C18H22ClN3O2S/c1-21(17(23)11-3-4-11)12-7-9-22(10-8-12)18-20-15-14(24-2)6-5-13(19)16(15)25-18/h5-6,11-12H,3-4,7-10H2,1-2H3. The summed E-state index contributed by atoms with van der Waals surface area (Å²) in [7, 11) is 3.61. The van der Waals surface area contributed by atoms with Crippen molar-refractivity contribution in [2.75, 3.05) is 32.1 Å². The maximum absolute atomic E-state index is 12.3. The van der Waals surface area contributed by atoms with Crippen molar-refractivity contribution >= 4 is 44.2 Å². The third-order valence-corrected chi connectivity index (χ3v) is 6.80. The highest BCUT2D eigenvalue weighted by molar-refractivity contribution is 7.22. The lowest BCUT2D eigenvalue weighted by molar-refractivity contribution is -0.133. The van der Waals surface area contributed by atoms with Gasteiger partial charge in [0.1, 0.15) is 11.3 Å². The van der Waals surface area contributed by atoms with E-state index >= 15 is 0 Å². The number of nitrogens with zero attached hydrogens (tertiary/aromatic N) is 3. The molecule has 2 aliphatic rings. The number of ether oxygens (including phenoxy) is 1. The summed E-state index contributed by atoms with van der Waals surface area (Å²) in [4.78, 5) is 21.3. The average molecular weight is 380 g/mol. The van der Waals surface area contributed by atoms with Crippen molar-refractivity contribution in [1.82, 2.24) is 9.88 Å². The number of hydrogen-bond donors (Lipinski definition) is 0. The van der Waals surface area contributed by atoms with Gasteiger partial charge in [-0.3, -0.25) is 4.79 Å². The Morgan fingerprint density at radius 3 is 2.68 bits per heavy atom. The number of methoxy groups -OCH3 is 1. The number of aromatic nitrogens is 1. The first kappa shape index (κ1) is 16.9. The van der Waals surface area contributed by atoms with Crippen molar-refractivity contribution in [2.45, 2.75) is 31.7 Å². The Morgan fingerprint density at radius 1 is 1.32 bits per heavy atom. The van der Waals surface area contributed by atoms with Gasteiger partial charge in [0, 0.05) is 32.1 Å². The topological polar surface area (TPSA) is 45.7 Å². The fourth-order valence-corrected chi connectivity index (χ4v) is 4.79. The lowest BCUT2D eigenvalue weighted by atomic mass is 10.0. The van der Waals surface area contributed by atoms with Gasteiger partial charge in [0.25, 0.3) is 0 Å². The second-order valence-electron chi connectivity index (χ2n) is 6.87. The Kier molecular flexibility index (Phi) is 4.50. The van der Waals surface area contributed by atoms with E-state index in [1.54, 1.807) is 18.4 Å². The molecule has 134 valence electrons. The summed E-state index contributed by atoms with van der Waals surface area (Å²) in [5.41, 5.74) is 0.832. The number of halogens is 1. The molecule has 1 aromatic heterocycles. The molecule has 1 aromatic carbocycles. The van der Waals surface area contributed by atoms with Crippen LogP contribution in [0.2, 0.25) is 5.02 Å². The number of benzene rings is 1. The van der Waals surface area contributed by atoms with E-state index in [1.165, 1.54) is 0 Å². The van der Waals surface area contributed by atoms with Crippen molar-refractivity contribution < 1.29 is 9.53 Å². The Balaban J connectivity index is 1.48. The maximum atomic E-state index is 12.3. The first-order chi connectivity index (χ1) is 12.1. The van der Waals surface area contributed by atoms with Crippen molar-refractivity contribution in [3.63, 3.8) is 0 Å². The number of carbonyl (C=O) groups is 1. The molecule has 2 fully saturated rings. The van der Waals surface area contributed by atoms with Gasteiger partial charge in [0.15, 0.2) is 5.13 Å². The van der Waals surface area contributed by atoms with E-state index in [-0.39, 0.29) is 0 Å². The van der Waals surface area contributed by atoms with E-state index in [1.807, 2.05) is 24.1 Å². The van der Waals surface area contributed by atoms with Gasteiger partial charge in [-0.15, -0.1) is 0 Å². The summed E-state index contributed by atoms with van der Waals surface area (Å²) in [6.45, 7) is 1.82. The highest BCUT2D eigenvalue weighted by Gasteiger charge is 2.35. The summed E-state index contributed by atoms with van der Waals surface area (Å²) < 4.78 is 6.38. The SMILES string of the molecule is COc1ccc(Cl)c2sc(N3CCC(N(C)C(=O)C4CC4)CC3)nc12.